The van der Waals surface area contributed by atoms with Crippen LogP contribution in [-0.4, -0.2) is 57.7 Å². The maximum Gasteiger partial charge on any atom is 0.228 e. The highest BCUT2D eigenvalue weighted by molar-refractivity contribution is 5.82. The molecule has 3 N–H and O–H groups in total. The van der Waals surface area contributed by atoms with Crippen LogP contribution >= 0.6 is 0 Å². The Bertz CT molecular complexity index is 690. The average Bonchev–Trinajstić information content (AvgIpc) is 3.08. The lowest BCUT2D eigenvalue weighted by Gasteiger charge is -2.51. The van der Waals surface area contributed by atoms with Crippen molar-refractivity contribution >= 4 is 17.5 Å². The molecule has 7 heteroatoms. The molecule has 3 fully saturated rings. The summed E-state index contributed by atoms with van der Waals surface area (Å²) in [7, 11) is 0. The largest absolute Gasteiger partial charge is 0.389 e. The minimum Gasteiger partial charge on any atom is -0.389 e. The number of hydrogen-bond donors (Lipinski definition) is 2. The third kappa shape index (κ3) is 3.02. The zero-order valence-electron chi connectivity index (χ0n) is 15.5. The summed E-state index contributed by atoms with van der Waals surface area (Å²) in [5, 5.41) is 11.1. The SMILES string of the molecule is CC1(C(=O)N2CC[C@@]3(O)CCN(c4cc(N)ncn4)C[C@H]3C2)CCCC1. The number of likely N-dealkylation sites (tertiary alicyclic amines) is 1. The van der Waals surface area contributed by atoms with Crippen molar-refractivity contribution in [2.45, 2.75) is 51.0 Å². The number of rotatable bonds is 2. The molecule has 26 heavy (non-hydrogen) atoms. The molecular formula is C19H29N5O2. The Morgan fingerprint density at radius 3 is 2.65 bits per heavy atom. The van der Waals surface area contributed by atoms with E-state index in [9.17, 15) is 9.90 Å². The predicted octanol–water partition coefficient (Wildman–Crippen LogP) is 1.43. The summed E-state index contributed by atoms with van der Waals surface area (Å²) in [5.74, 6) is 1.56. The van der Waals surface area contributed by atoms with Crippen LogP contribution in [0, 0.1) is 11.3 Å². The second-order valence-electron chi connectivity index (χ2n) is 8.57. The van der Waals surface area contributed by atoms with E-state index in [1.54, 1.807) is 6.07 Å². The first kappa shape index (κ1) is 17.5. The fourth-order valence-corrected chi connectivity index (χ4v) is 4.98. The van der Waals surface area contributed by atoms with Crippen LogP contribution in [0.1, 0.15) is 45.4 Å². The molecule has 3 aliphatic rings. The van der Waals surface area contributed by atoms with Crippen LogP contribution in [0.15, 0.2) is 12.4 Å². The van der Waals surface area contributed by atoms with Crippen molar-refractivity contribution in [3.8, 4) is 0 Å². The van der Waals surface area contributed by atoms with E-state index >= 15 is 0 Å². The van der Waals surface area contributed by atoms with Crippen LogP contribution in [0.4, 0.5) is 11.6 Å². The molecule has 1 aromatic rings. The maximum atomic E-state index is 13.1. The Morgan fingerprint density at radius 2 is 1.92 bits per heavy atom. The van der Waals surface area contributed by atoms with Crippen molar-refractivity contribution < 1.29 is 9.90 Å². The number of amides is 1. The molecule has 0 radical (unpaired) electrons. The van der Waals surface area contributed by atoms with Crippen LogP contribution in [0.25, 0.3) is 0 Å². The van der Waals surface area contributed by atoms with Gasteiger partial charge in [-0.05, 0) is 25.7 Å². The number of nitrogens with two attached hydrogens (primary N) is 1. The van der Waals surface area contributed by atoms with E-state index in [0.717, 1.165) is 38.0 Å². The van der Waals surface area contributed by atoms with E-state index < -0.39 is 5.60 Å². The monoisotopic (exact) mass is 359 g/mol. The zero-order valence-corrected chi connectivity index (χ0v) is 15.5. The zero-order chi connectivity index (χ0) is 18.4. The number of nitrogen functional groups attached to an aromatic ring is 1. The Labute approximate surface area is 154 Å². The molecule has 142 valence electrons. The summed E-state index contributed by atoms with van der Waals surface area (Å²) >= 11 is 0. The molecule has 1 amide bonds. The van der Waals surface area contributed by atoms with Gasteiger partial charge in [-0.15, -0.1) is 0 Å². The number of carbonyl (C=O) groups is 1. The number of piperidine rings is 2. The highest BCUT2D eigenvalue weighted by Crippen LogP contribution is 2.42. The van der Waals surface area contributed by atoms with Gasteiger partial charge < -0.3 is 20.6 Å². The highest BCUT2D eigenvalue weighted by atomic mass is 16.3. The molecule has 0 bridgehead atoms. The highest BCUT2D eigenvalue weighted by Gasteiger charge is 2.48. The van der Waals surface area contributed by atoms with Gasteiger partial charge in [-0.3, -0.25) is 4.79 Å². The van der Waals surface area contributed by atoms with Crippen LogP contribution in [0.2, 0.25) is 0 Å². The van der Waals surface area contributed by atoms with Gasteiger partial charge in [0.1, 0.15) is 18.0 Å². The Balaban J connectivity index is 1.49. The van der Waals surface area contributed by atoms with E-state index in [0.29, 0.717) is 38.3 Å². The maximum absolute atomic E-state index is 13.1. The van der Waals surface area contributed by atoms with Gasteiger partial charge in [0.05, 0.1) is 5.60 Å². The van der Waals surface area contributed by atoms with Crippen molar-refractivity contribution in [2.75, 3.05) is 36.8 Å². The third-order valence-corrected chi connectivity index (χ3v) is 6.78. The normalized spacial score (nSPS) is 30.9. The van der Waals surface area contributed by atoms with Crippen LogP contribution in [-0.2, 0) is 4.79 Å². The molecule has 1 aromatic heterocycles. The van der Waals surface area contributed by atoms with Gasteiger partial charge in [-0.25, -0.2) is 9.97 Å². The van der Waals surface area contributed by atoms with E-state index in [1.165, 1.54) is 6.33 Å². The Morgan fingerprint density at radius 1 is 1.19 bits per heavy atom. The number of aromatic nitrogens is 2. The smallest absolute Gasteiger partial charge is 0.228 e. The van der Waals surface area contributed by atoms with Gasteiger partial charge >= 0.3 is 0 Å². The Hall–Kier alpha value is -1.89. The summed E-state index contributed by atoms with van der Waals surface area (Å²) in [4.78, 5) is 25.5. The first-order chi connectivity index (χ1) is 12.4. The molecule has 2 saturated heterocycles. The lowest BCUT2D eigenvalue weighted by atomic mass is 9.74. The van der Waals surface area contributed by atoms with Gasteiger partial charge in [-0.2, -0.15) is 0 Å². The topological polar surface area (TPSA) is 95.6 Å². The van der Waals surface area contributed by atoms with Gasteiger partial charge in [0.15, 0.2) is 0 Å². The summed E-state index contributed by atoms with van der Waals surface area (Å²) in [6.45, 7) is 4.84. The number of carbonyl (C=O) groups excluding carboxylic acids is 1. The first-order valence-corrected chi connectivity index (χ1v) is 9.74. The van der Waals surface area contributed by atoms with Gasteiger partial charge in [0, 0.05) is 43.6 Å². The van der Waals surface area contributed by atoms with Crippen molar-refractivity contribution in [1.29, 1.82) is 0 Å². The summed E-state index contributed by atoms with van der Waals surface area (Å²) in [6, 6.07) is 1.77. The first-order valence-electron chi connectivity index (χ1n) is 9.74. The van der Waals surface area contributed by atoms with Crippen LogP contribution in [0.5, 0.6) is 0 Å². The lowest BCUT2D eigenvalue weighted by molar-refractivity contribution is -0.150. The van der Waals surface area contributed by atoms with Crippen LogP contribution in [0.3, 0.4) is 0 Å². The molecule has 4 rings (SSSR count). The number of aliphatic hydroxyl groups is 1. The molecular weight excluding hydrogens is 330 g/mol. The molecule has 2 atom stereocenters. The average molecular weight is 359 g/mol. The fourth-order valence-electron chi connectivity index (χ4n) is 4.98. The lowest BCUT2D eigenvalue weighted by Crippen LogP contribution is -2.62. The Kier molecular flexibility index (Phi) is 4.29. The summed E-state index contributed by atoms with van der Waals surface area (Å²) in [5.41, 5.74) is 4.91. The number of hydrogen-bond acceptors (Lipinski definition) is 6. The molecule has 1 saturated carbocycles. The second kappa shape index (κ2) is 6.37. The standard InChI is InChI=1S/C19H29N5O2/c1-18(4-2-3-5-18)17(25)24-9-7-19(26)6-8-23(11-14(19)12-24)16-10-15(20)21-13-22-16/h10,13-14,26H,2-9,11-12H2,1H3,(H2,20,21,22)/t14-,19-/m0/s1. The van der Waals surface area contributed by atoms with E-state index in [-0.39, 0.29) is 17.2 Å². The third-order valence-electron chi connectivity index (χ3n) is 6.78. The predicted molar refractivity (Wildman–Crippen MR) is 99.5 cm³/mol. The number of nitrogens with zero attached hydrogens (tertiary/aromatic N) is 4. The fraction of sp³-hybridized carbons (Fsp3) is 0.737. The van der Waals surface area contributed by atoms with Crippen molar-refractivity contribution in [1.82, 2.24) is 14.9 Å². The van der Waals surface area contributed by atoms with Crippen molar-refractivity contribution in [3.63, 3.8) is 0 Å². The van der Waals surface area contributed by atoms with E-state index in [2.05, 4.69) is 21.8 Å². The van der Waals surface area contributed by atoms with Gasteiger partial charge in [0.25, 0.3) is 0 Å². The quantitative estimate of drug-likeness (QED) is 0.829. The van der Waals surface area contributed by atoms with Crippen molar-refractivity contribution in [3.05, 3.63) is 12.4 Å². The van der Waals surface area contributed by atoms with Crippen molar-refractivity contribution in [2.24, 2.45) is 11.3 Å². The molecule has 0 aromatic carbocycles. The molecule has 0 unspecified atom stereocenters. The van der Waals surface area contributed by atoms with Gasteiger partial charge in [0.2, 0.25) is 5.91 Å². The second-order valence-corrected chi connectivity index (χ2v) is 8.57. The minimum atomic E-state index is -0.678. The molecule has 3 heterocycles. The molecule has 0 spiro atoms. The van der Waals surface area contributed by atoms with Crippen LogP contribution < -0.4 is 10.6 Å². The number of fused-ring (bicyclic) bond motifs is 1. The summed E-state index contributed by atoms with van der Waals surface area (Å²) in [6.07, 6.45) is 7.11. The summed E-state index contributed by atoms with van der Waals surface area (Å²) < 4.78 is 0. The van der Waals surface area contributed by atoms with Gasteiger partial charge in [-0.1, -0.05) is 19.8 Å². The minimum absolute atomic E-state index is 0.0372. The van der Waals surface area contributed by atoms with E-state index in [4.69, 9.17) is 5.73 Å². The molecule has 7 nitrogen and oxygen atoms in total. The molecule has 2 aliphatic heterocycles. The number of anilines is 2. The van der Waals surface area contributed by atoms with E-state index in [1.807, 2.05) is 4.90 Å². The molecule has 1 aliphatic carbocycles.